The number of allylic oxidation sites excluding steroid dienone is 3. The zero-order valence-corrected chi connectivity index (χ0v) is 13.5. The van der Waals surface area contributed by atoms with Gasteiger partial charge in [-0.3, -0.25) is 0 Å². The van der Waals surface area contributed by atoms with Crippen LogP contribution in [0.15, 0.2) is 48.2 Å². The van der Waals surface area contributed by atoms with Crippen LogP contribution < -0.4 is 16.8 Å². The molecule has 126 valence electrons. The summed E-state index contributed by atoms with van der Waals surface area (Å²) < 4.78 is 0. The molecule has 0 atom stereocenters. The number of nitrogens with one attached hydrogen (secondary N) is 1. The second-order valence-corrected chi connectivity index (χ2v) is 6.21. The zero-order valence-electron chi connectivity index (χ0n) is 13.5. The lowest BCUT2D eigenvalue weighted by Gasteiger charge is -2.22. The van der Waals surface area contributed by atoms with Crippen LogP contribution in [0.2, 0.25) is 0 Å². The lowest BCUT2D eigenvalue weighted by atomic mass is 9.94. The first kappa shape index (κ1) is 16.2. The van der Waals surface area contributed by atoms with Gasteiger partial charge in [0.1, 0.15) is 11.5 Å². The minimum atomic E-state index is 0.0793. The maximum absolute atomic E-state index is 10.2. The molecule has 0 radical (unpaired) electrons. The predicted octanol–water partition coefficient (Wildman–Crippen LogP) is 2.39. The van der Waals surface area contributed by atoms with E-state index in [1.54, 1.807) is 30.3 Å². The summed E-state index contributed by atoms with van der Waals surface area (Å²) in [5.41, 5.74) is 14.1. The fourth-order valence-corrected chi connectivity index (χ4v) is 3.07. The lowest BCUT2D eigenvalue weighted by molar-refractivity contribution is 0.417. The highest BCUT2D eigenvalue weighted by atomic mass is 16.3. The molecule has 1 aliphatic rings. The van der Waals surface area contributed by atoms with Crippen molar-refractivity contribution in [1.29, 1.82) is 0 Å². The van der Waals surface area contributed by atoms with Gasteiger partial charge in [-0.05, 0) is 73.1 Å². The normalized spacial score (nSPS) is 17.3. The smallest absolute Gasteiger partial charge is 0.125 e. The van der Waals surface area contributed by atoms with Crippen LogP contribution in [0.4, 0.5) is 0 Å². The fraction of sp³-hybridized carbons (Fsp3) is 0.263. The summed E-state index contributed by atoms with van der Waals surface area (Å²) in [6.07, 6.45) is 5.64. The van der Waals surface area contributed by atoms with Crippen molar-refractivity contribution in [2.45, 2.75) is 12.8 Å². The monoisotopic (exact) mass is 325 g/mol. The van der Waals surface area contributed by atoms with E-state index in [1.807, 2.05) is 12.1 Å². The summed E-state index contributed by atoms with van der Waals surface area (Å²) in [5, 5.41) is 24.7. The van der Waals surface area contributed by atoms with Crippen LogP contribution in [-0.4, -0.2) is 23.3 Å². The van der Waals surface area contributed by atoms with Crippen molar-refractivity contribution in [1.82, 2.24) is 5.32 Å². The first-order valence-corrected chi connectivity index (χ1v) is 8.14. The molecule has 0 bridgehead atoms. The number of benzene rings is 2. The Labute approximate surface area is 141 Å². The Morgan fingerprint density at radius 3 is 2.50 bits per heavy atom. The van der Waals surface area contributed by atoms with Gasteiger partial charge in [-0.1, -0.05) is 6.07 Å². The standard InChI is InChI=1S/C19H23N3O2/c20-17(12-5-7-22-8-6-12)3-4-18(21)16-10-13-1-2-15(23)9-14(13)11-19(16)24/h1-4,9-12,22-24H,5-8,20-21H2/b17-3-,18-4-. The Balaban J connectivity index is 1.88. The fourth-order valence-electron chi connectivity index (χ4n) is 3.07. The third-order valence-electron chi connectivity index (χ3n) is 4.52. The number of aromatic hydroxyl groups is 2. The second-order valence-electron chi connectivity index (χ2n) is 6.21. The number of hydrogen-bond donors (Lipinski definition) is 5. The number of phenolic OH excluding ortho intramolecular Hbond substituents is 2. The van der Waals surface area contributed by atoms with Gasteiger partial charge in [-0.25, -0.2) is 0 Å². The summed E-state index contributed by atoms with van der Waals surface area (Å²) in [6, 6.07) is 8.42. The van der Waals surface area contributed by atoms with Crippen LogP contribution in [0.5, 0.6) is 11.5 Å². The minimum Gasteiger partial charge on any atom is -0.508 e. The van der Waals surface area contributed by atoms with Gasteiger partial charge in [0, 0.05) is 22.9 Å². The van der Waals surface area contributed by atoms with Crippen molar-refractivity contribution in [3.63, 3.8) is 0 Å². The van der Waals surface area contributed by atoms with Gasteiger partial charge in [0.2, 0.25) is 0 Å². The van der Waals surface area contributed by atoms with Crippen LogP contribution in [-0.2, 0) is 0 Å². The molecule has 2 aromatic carbocycles. The SMILES string of the molecule is N/C(=C\C=C(/N)C1CCNCC1)c1cc2ccc(O)cc2cc1O. The van der Waals surface area contributed by atoms with Crippen LogP contribution in [0.25, 0.3) is 16.5 Å². The molecule has 24 heavy (non-hydrogen) atoms. The minimum absolute atomic E-state index is 0.0793. The summed E-state index contributed by atoms with van der Waals surface area (Å²) in [7, 11) is 0. The van der Waals surface area contributed by atoms with Gasteiger partial charge in [-0.2, -0.15) is 0 Å². The number of hydrogen-bond acceptors (Lipinski definition) is 5. The molecular weight excluding hydrogens is 302 g/mol. The molecule has 0 aliphatic carbocycles. The summed E-state index contributed by atoms with van der Waals surface area (Å²) in [6.45, 7) is 1.97. The van der Waals surface area contributed by atoms with Gasteiger partial charge in [0.05, 0.1) is 0 Å². The van der Waals surface area contributed by atoms with Gasteiger partial charge < -0.3 is 27.0 Å². The quantitative estimate of drug-likeness (QED) is 0.557. The Kier molecular flexibility index (Phi) is 4.62. The molecular formula is C19H23N3O2. The van der Waals surface area contributed by atoms with Gasteiger partial charge in [0.25, 0.3) is 0 Å². The van der Waals surface area contributed by atoms with E-state index in [1.165, 1.54) is 0 Å². The van der Waals surface area contributed by atoms with E-state index in [4.69, 9.17) is 11.5 Å². The van der Waals surface area contributed by atoms with Crippen LogP contribution in [0.3, 0.4) is 0 Å². The molecule has 1 heterocycles. The van der Waals surface area contributed by atoms with Crippen molar-refractivity contribution in [3.8, 4) is 11.5 Å². The van der Waals surface area contributed by atoms with E-state index < -0.39 is 0 Å². The molecule has 0 spiro atoms. The van der Waals surface area contributed by atoms with Crippen LogP contribution >= 0.6 is 0 Å². The average molecular weight is 325 g/mol. The van der Waals surface area contributed by atoms with E-state index in [0.717, 1.165) is 42.4 Å². The number of fused-ring (bicyclic) bond motifs is 1. The molecule has 7 N–H and O–H groups in total. The summed E-state index contributed by atoms with van der Waals surface area (Å²) >= 11 is 0. The molecule has 0 saturated carbocycles. The lowest BCUT2D eigenvalue weighted by Crippen LogP contribution is -2.30. The Bertz CT molecular complexity index is 806. The highest BCUT2D eigenvalue weighted by Crippen LogP contribution is 2.30. The van der Waals surface area contributed by atoms with E-state index in [2.05, 4.69) is 5.32 Å². The zero-order chi connectivity index (χ0) is 17.1. The number of nitrogens with two attached hydrogens (primary N) is 2. The topological polar surface area (TPSA) is 105 Å². The van der Waals surface area contributed by atoms with Crippen molar-refractivity contribution < 1.29 is 10.2 Å². The third-order valence-corrected chi connectivity index (χ3v) is 4.52. The van der Waals surface area contributed by atoms with Crippen molar-refractivity contribution in [2.24, 2.45) is 17.4 Å². The molecule has 0 amide bonds. The highest BCUT2D eigenvalue weighted by Gasteiger charge is 2.14. The predicted molar refractivity (Wildman–Crippen MR) is 97.3 cm³/mol. The summed E-state index contributed by atoms with van der Waals surface area (Å²) in [5.74, 6) is 0.620. The molecule has 1 saturated heterocycles. The third kappa shape index (κ3) is 3.46. The summed E-state index contributed by atoms with van der Waals surface area (Å²) in [4.78, 5) is 0. The molecule has 5 nitrogen and oxygen atoms in total. The van der Waals surface area contributed by atoms with Gasteiger partial charge >= 0.3 is 0 Å². The van der Waals surface area contributed by atoms with Crippen molar-refractivity contribution >= 4 is 16.5 Å². The largest absolute Gasteiger partial charge is 0.508 e. The van der Waals surface area contributed by atoms with Gasteiger partial charge in [-0.15, -0.1) is 0 Å². The number of rotatable bonds is 3. The van der Waals surface area contributed by atoms with E-state index in [-0.39, 0.29) is 11.5 Å². The molecule has 5 heteroatoms. The first-order valence-electron chi connectivity index (χ1n) is 8.14. The maximum atomic E-state index is 10.2. The maximum Gasteiger partial charge on any atom is 0.125 e. The Hall–Kier alpha value is -2.66. The Morgan fingerprint density at radius 1 is 1.00 bits per heavy atom. The molecule has 0 unspecified atom stereocenters. The molecule has 1 fully saturated rings. The highest BCUT2D eigenvalue weighted by molar-refractivity contribution is 5.89. The average Bonchev–Trinajstić information content (AvgIpc) is 2.59. The van der Waals surface area contributed by atoms with Crippen molar-refractivity contribution in [2.75, 3.05) is 13.1 Å². The van der Waals surface area contributed by atoms with Crippen LogP contribution in [0.1, 0.15) is 18.4 Å². The second kappa shape index (κ2) is 6.84. The number of piperidine rings is 1. The van der Waals surface area contributed by atoms with Crippen molar-refractivity contribution in [3.05, 3.63) is 53.7 Å². The molecule has 0 aromatic heterocycles. The van der Waals surface area contributed by atoms with E-state index in [0.29, 0.717) is 17.2 Å². The first-order chi connectivity index (χ1) is 11.5. The number of phenols is 2. The molecule has 2 aromatic rings. The molecule has 3 rings (SSSR count). The van der Waals surface area contributed by atoms with Gasteiger partial charge in [0.15, 0.2) is 0 Å². The van der Waals surface area contributed by atoms with E-state index >= 15 is 0 Å². The molecule has 1 aliphatic heterocycles. The van der Waals surface area contributed by atoms with Crippen LogP contribution in [0, 0.1) is 5.92 Å². The Morgan fingerprint density at radius 2 is 1.75 bits per heavy atom. The van der Waals surface area contributed by atoms with E-state index in [9.17, 15) is 10.2 Å².